The van der Waals surface area contributed by atoms with E-state index in [0.29, 0.717) is 0 Å². The van der Waals surface area contributed by atoms with E-state index in [4.69, 9.17) is 0 Å². The monoisotopic (exact) mass is 423 g/mol. The minimum atomic E-state index is -3.76. The normalized spacial score (nSPS) is 20.2. The van der Waals surface area contributed by atoms with E-state index in [-0.39, 0.29) is 16.2 Å². The van der Waals surface area contributed by atoms with Gasteiger partial charge in [0, 0.05) is 5.92 Å². The molecule has 2 aromatic rings. The number of hydrogen-bond donors (Lipinski definition) is 0. The van der Waals surface area contributed by atoms with Crippen LogP contribution in [0.15, 0.2) is 63.4 Å². The van der Waals surface area contributed by atoms with Gasteiger partial charge in [0.15, 0.2) is 0 Å². The average molecular weight is 424 g/mol. The van der Waals surface area contributed by atoms with E-state index in [1.54, 1.807) is 12.1 Å². The summed E-state index contributed by atoms with van der Waals surface area (Å²) in [6.07, 6.45) is 2.91. The molecule has 30 heavy (non-hydrogen) atoms. The van der Waals surface area contributed by atoms with Crippen molar-refractivity contribution in [3.63, 3.8) is 0 Å². The van der Waals surface area contributed by atoms with Crippen molar-refractivity contribution >= 4 is 21.3 Å². The molecule has 0 heterocycles. The fraction of sp³-hybridized carbons (Fsp3) is 0.423. The molecule has 0 bridgehead atoms. The first kappa shape index (κ1) is 22.5. The molecule has 0 saturated heterocycles. The van der Waals surface area contributed by atoms with E-state index < -0.39 is 10.0 Å². The third-order valence-corrected chi connectivity index (χ3v) is 7.71. The van der Waals surface area contributed by atoms with Crippen molar-refractivity contribution in [1.82, 2.24) is 0 Å². The summed E-state index contributed by atoms with van der Waals surface area (Å²) in [5.41, 5.74) is 6.29. The number of benzene rings is 2. The van der Waals surface area contributed by atoms with E-state index in [0.717, 1.165) is 36.1 Å². The standard InChI is InChI=1S/C26H33NO2S/c1-7-8-9-23-24(21-14-10-18(2)11-15-21)26(5,6)20(4)25(23)27-30(28,29)22-16-12-19(3)13-17-22/h10-17,20H,7-9H2,1-6H3/b27-25+. The van der Waals surface area contributed by atoms with Crippen LogP contribution >= 0.6 is 0 Å². The molecular formula is C26H33NO2S. The van der Waals surface area contributed by atoms with Crippen LogP contribution in [0.4, 0.5) is 0 Å². The van der Waals surface area contributed by atoms with Crippen LogP contribution < -0.4 is 0 Å². The molecule has 2 aromatic carbocycles. The Morgan fingerprint density at radius 2 is 1.47 bits per heavy atom. The van der Waals surface area contributed by atoms with Crippen LogP contribution in [0.3, 0.4) is 0 Å². The first-order valence-electron chi connectivity index (χ1n) is 10.8. The van der Waals surface area contributed by atoms with Crippen molar-refractivity contribution in [3.05, 3.63) is 70.8 Å². The highest BCUT2D eigenvalue weighted by Crippen LogP contribution is 2.51. The summed E-state index contributed by atoms with van der Waals surface area (Å²) in [4.78, 5) is 0.254. The van der Waals surface area contributed by atoms with Crippen molar-refractivity contribution in [2.75, 3.05) is 0 Å². The van der Waals surface area contributed by atoms with Gasteiger partial charge < -0.3 is 0 Å². The van der Waals surface area contributed by atoms with Gasteiger partial charge in [-0.25, -0.2) is 0 Å². The Bertz CT molecular complexity index is 1070. The largest absolute Gasteiger partial charge is 0.282 e. The highest BCUT2D eigenvalue weighted by molar-refractivity contribution is 7.90. The minimum absolute atomic E-state index is 0.0147. The van der Waals surface area contributed by atoms with Gasteiger partial charge in [-0.15, -0.1) is 0 Å². The number of aryl methyl sites for hydroxylation is 2. The SMILES string of the molecule is CCCCC1=C(c2ccc(C)cc2)C(C)(C)C(C)/C1=N\S(=O)(=O)c1ccc(C)cc1. The highest BCUT2D eigenvalue weighted by Gasteiger charge is 2.44. The van der Waals surface area contributed by atoms with Crippen molar-refractivity contribution in [2.24, 2.45) is 15.7 Å². The molecule has 0 saturated carbocycles. The highest BCUT2D eigenvalue weighted by atomic mass is 32.2. The van der Waals surface area contributed by atoms with Gasteiger partial charge >= 0.3 is 0 Å². The molecule has 1 unspecified atom stereocenters. The van der Waals surface area contributed by atoms with Crippen LogP contribution in [0.25, 0.3) is 5.57 Å². The summed E-state index contributed by atoms with van der Waals surface area (Å²) in [7, 11) is -3.76. The zero-order chi connectivity index (χ0) is 22.1. The number of nitrogens with zero attached hydrogens (tertiary/aromatic N) is 1. The summed E-state index contributed by atoms with van der Waals surface area (Å²) in [5, 5.41) is 0. The minimum Gasteiger partial charge on any atom is -0.199 e. The lowest BCUT2D eigenvalue weighted by Crippen LogP contribution is -2.23. The van der Waals surface area contributed by atoms with Crippen molar-refractivity contribution in [2.45, 2.75) is 65.7 Å². The Labute approximate surface area is 182 Å². The molecule has 1 aliphatic rings. The van der Waals surface area contributed by atoms with E-state index in [2.05, 4.69) is 63.3 Å². The predicted molar refractivity (Wildman–Crippen MR) is 126 cm³/mol. The van der Waals surface area contributed by atoms with Crippen LogP contribution in [0, 0.1) is 25.2 Å². The Kier molecular flexibility index (Phi) is 6.37. The molecule has 4 heteroatoms. The maximum absolute atomic E-state index is 13.2. The second kappa shape index (κ2) is 8.50. The van der Waals surface area contributed by atoms with Gasteiger partial charge in [-0.1, -0.05) is 81.6 Å². The molecule has 0 aliphatic heterocycles. The summed E-state index contributed by atoms with van der Waals surface area (Å²) in [5.74, 6) is 0.0147. The Balaban J connectivity index is 2.20. The summed E-state index contributed by atoms with van der Waals surface area (Å²) >= 11 is 0. The third kappa shape index (κ3) is 4.29. The second-order valence-corrected chi connectivity index (χ2v) is 10.6. The number of hydrogen-bond acceptors (Lipinski definition) is 2. The molecule has 160 valence electrons. The average Bonchev–Trinajstić information content (AvgIpc) is 2.87. The van der Waals surface area contributed by atoms with Gasteiger partial charge in [0.25, 0.3) is 10.0 Å². The Morgan fingerprint density at radius 1 is 0.933 bits per heavy atom. The van der Waals surface area contributed by atoms with Crippen molar-refractivity contribution in [1.29, 1.82) is 0 Å². The Morgan fingerprint density at radius 3 is 2.00 bits per heavy atom. The van der Waals surface area contributed by atoms with E-state index in [1.165, 1.54) is 16.7 Å². The van der Waals surface area contributed by atoms with Gasteiger partial charge in [0.2, 0.25) is 0 Å². The molecule has 0 aromatic heterocycles. The fourth-order valence-electron chi connectivity index (χ4n) is 4.24. The maximum atomic E-state index is 13.2. The number of sulfonamides is 1. The van der Waals surface area contributed by atoms with E-state index in [9.17, 15) is 8.42 Å². The Hall–Kier alpha value is -2.20. The van der Waals surface area contributed by atoms with Gasteiger partial charge in [0.05, 0.1) is 10.6 Å². The number of unbranched alkanes of at least 4 members (excludes halogenated alkanes) is 1. The smallest absolute Gasteiger partial charge is 0.199 e. The summed E-state index contributed by atoms with van der Waals surface area (Å²) < 4.78 is 30.7. The van der Waals surface area contributed by atoms with Crippen molar-refractivity contribution < 1.29 is 8.42 Å². The molecular weight excluding hydrogens is 390 g/mol. The molecule has 1 aliphatic carbocycles. The zero-order valence-electron chi connectivity index (χ0n) is 19.0. The van der Waals surface area contributed by atoms with Gasteiger partial charge in [-0.3, -0.25) is 0 Å². The second-order valence-electron chi connectivity index (χ2n) is 9.03. The topological polar surface area (TPSA) is 46.5 Å². The first-order chi connectivity index (χ1) is 14.1. The summed E-state index contributed by atoms with van der Waals surface area (Å²) in [6.45, 7) is 12.7. The van der Waals surface area contributed by atoms with Gasteiger partial charge in [0.1, 0.15) is 0 Å². The predicted octanol–water partition coefficient (Wildman–Crippen LogP) is 6.75. The van der Waals surface area contributed by atoms with Crippen LogP contribution in [0.2, 0.25) is 0 Å². The maximum Gasteiger partial charge on any atom is 0.282 e. The lowest BCUT2D eigenvalue weighted by atomic mass is 9.75. The lowest BCUT2D eigenvalue weighted by Gasteiger charge is -2.28. The number of allylic oxidation sites excluding steroid dienone is 2. The van der Waals surface area contributed by atoms with Crippen LogP contribution in [0.1, 0.15) is 63.6 Å². The molecule has 0 amide bonds. The van der Waals surface area contributed by atoms with E-state index >= 15 is 0 Å². The van der Waals surface area contributed by atoms with Gasteiger partial charge in [-0.2, -0.15) is 12.8 Å². The van der Waals surface area contributed by atoms with Crippen molar-refractivity contribution in [3.8, 4) is 0 Å². The molecule has 0 fully saturated rings. The van der Waals surface area contributed by atoms with Gasteiger partial charge in [-0.05, 0) is 60.9 Å². The van der Waals surface area contributed by atoms with E-state index in [1.807, 2.05) is 19.1 Å². The molecule has 0 N–H and O–H groups in total. The quantitative estimate of drug-likeness (QED) is 0.516. The molecule has 1 atom stereocenters. The molecule has 0 spiro atoms. The fourth-order valence-corrected chi connectivity index (χ4v) is 5.35. The first-order valence-corrected chi connectivity index (χ1v) is 12.2. The van der Waals surface area contributed by atoms with Crippen LogP contribution in [-0.4, -0.2) is 14.1 Å². The lowest BCUT2D eigenvalue weighted by molar-refractivity contribution is 0.420. The zero-order valence-corrected chi connectivity index (χ0v) is 19.8. The third-order valence-electron chi connectivity index (χ3n) is 6.41. The number of rotatable bonds is 6. The van der Waals surface area contributed by atoms with Crippen LogP contribution in [-0.2, 0) is 10.0 Å². The molecule has 3 rings (SSSR count). The van der Waals surface area contributed by atoms with Crippen LogP contribution in [0.5, 0.6) is 0 Å². The molecule has 3 nitrogen and oxygen atoms in total. The molecule has 0 radical (unpaired) electrons. The summed E-state index contributed by atoms with van der Waals surface area (Å²) in [6, 6.07) is 15.5.